The topological polar surface area (TPSA) is 76.7 Å². The van der Waals surface area contributed by atoms with E-state index < -0.39 is 5.91 Å². The molecule has 0 saturated carbocycles. The van der Waals surface area contributed by atoms with Gasteiger partial charge in [0.25, 0.3) is 0 Å². The molecule has 0 aliphatic carbocycles. The summed E-state index contributed by atoms with van der Waals surface area (Å²) in [6, 6.07) is 12.7. The standard InChI is InChI=1S/C18H19FN2O4/c1-24-16-4-2-3-13(9-16)10-20-17(22)11-25-12-18(23)21-15-7-5-14(19)6-8-15/h2-9H,10-12H2,1H3,(H,20,22)(H,21,23). The second kappa shape index (κ2) is 9.39. The third-order valence-corrected chi connectivity index (χ3v) is 3.22. The van der Waals surface area contributed by atoms with Crippen molar-refractivity contribution >= 4 is 17.5 Å². The third-order valence-electron chi connectivity index (χ3n) is 3.22. The fourth-order valence-corrected chi connectivity index (χ4v) is 2.00. The number of rotatable bonds is 8. The summed E-state index contributed by atoms with van der Waals surface area (Å²) >= 11 is 0. The van der Waals surface area contributed by atoms with Crippen LogP contribution < -0.4 is 15.4 Å². The van der Waals surface area contributed by atoms with Crippen molar-refractivity contribution in [3.63, 3.8) is 0 Å². The minimum Gasteiger partial charge on any atom is -0.497 e. The largest absolute Gasteiger partial charge is 0.497 e. The van der Waals surface area contributed by atoms with Crippen LogP contribution in [0.3, 0.4) is 0 Å². The lowest BCUT2D eigenvalue weighted by atomic mass is 10.2. The molecule has 0 bridgehead atoms. The van der Waals surface area contributed by atoms with Gasteiger partial charge in [0.15, 0.2) is 0 Å². The van der Waals surface area contributed by atoms with Crippen molar-refractivity contribution < 1.29 is 23.5 Å². The third kappa shape index (κ3) is 6.60. The van der Waals surface area contributed by atoms with Gasteiger partial charge in [-0.1, -0.05) is 12.1 Å². The summed E-state index contributed by atoms with van der Waals surface area (Å²) in [7, 11) is 1.57. The number of amides is 2. The zero-order valence-electron chi connectivity index (χ0n) is 13.8. The van der Waals surface area contributed by atoms with Crippen LogP contribution >= 0.6 is 0 Å². The summed E-state index contributed by atoms with van der Waals surface area (Å²) in [5.41, 5.74) is 1.35. The second-order valence-electron chi connectivity index (χ2n) is 5.18. The molecule has 132 valence electrons. The van der Waals surface area contributed by atoms with Crippen molar-refractivity contribution in [2.75, 3.05) is 25.6 Å². The van der Waals surface area contributed by atoms with Gasteiger partial charge in [-0.3, -0.25) is 9.59 Å². The molecule has 2 amide bonds. The highest BCUT2D eigenvalue weighted by atomic mass is 19.1. The molecule has 0 radical (unpaired) electrons. The highest BCUT2D eigenvalue weighted by molar-refractivity contribution is 5.91. The Morgan fingerprint density at radius 3 is 2.48 bits per heavy atom. The first-order valence-electron chi connectivity index (χ1n) is 7.59. The van der Waals surface area contributed by atoms with Crippen molar-refractivity contribution in [3.05, 3.63) is 59.9 Å². The number of halogens is 1. The van der Waals surface area contributed by atoms with E-state index in [1.54, 1.807) is 7.11 Å². The quantitative estimate of drug-likeness (QED) is 0.767. The number of carbonyl (C=O) groups is 2. The molecule has 0 aliphatic rings. The van der Waals surface area contributed by atoms with Crippen LogP contribution in [0.4, 0.5) is 10.1 Å². The van der Waals surface area contributed by atoms with Crippen LogP contribution in [0.1, 0.15) is 5.56 Å². The average Bonchev–Trinajstić information content (AvgIpc) is 2.62. The van der Waals surface area contributed by atoms with Crippen molar-refractivity contribution in [2.24, 2.45) is 0 Å². The molecule has 7 heteroatoms. The zero-order chi connectivity index (χ0) is 18.1. The van der Waals surface area contributed by atoms with E-state index in [4.69, 9.17) is 9.47 Å². The highest BCUT2D eigenvalue weighted by Gasteiger charge is 2.06. The molecule has 0 heterocycles. The Morgan fingerprint density at radius 2 is 1.76 bits per heavy atom. The maximum atomic E-state index is 12.8. The first-order valence-corrected chi connectivity index (χ1v) is 7.59. The van der Waals surface area contributed by atoms with Gasteiger partial charge in [-0.15, -0.1) is 0 Å². The van der Waals surface area contributed by atoms with Crippen LogP contribution in [0.2, 0.25) is 0 Å². The molecule has 0 aromatic heterocycles. The molecule has 25 heavy (non-hydrogen) atoms. The fraction of sp³-hybridized carbons (Fsp3) is 0.222. The number of hydrogen-bond donors (Lipinski definition) is 2. The van der Waals surface area contributed by atoms with Crippen molar-refractivity contribution in [1.29, 1.82) is 0 Å². The highest BCUT2D eigenvalue weighted by Crippen LogP contribution is 2.12. The maximum Gasteiger partial charge on any atom is 0.250 e. The van der Waals surface area contributed by atoms with E-state index in [2.05, 4.69) is 10.6 Å². The number of benzene rings is 2. The van der Waals surface area contributed by atoms with Gasteiger partial charge in [0.2, 0.25) is 11.8 Å². The van der Waals surface area contributed by atoms with Crippen LogP contribution in [0.5, 0.6) is 5.75 Å². The molecule has 2 aromatic carbocycles. The normalized spacial score (nSPS) is 10.2. The predicted octanol–water partition coefficient (Wildman–Crippen LogP) is 2.11. The van der Waals surface area contributed by atoms with E-state index in [1.165, 1.54) is 24.3 Å². The second-order valence-corrected chi connectivity index (χ2v) is 5.18. The maximum absolute atomic E-state index is 12.8. The molecule has 0 saturated heterocycles. The lowest BCUT2D eigenvalue weighted by molar-refractivity contribution is -0.128. The smallest absolute Gasteiger partial charge is 0.250 e. The van der Waals surface area contributed by atoms with E-state index >= 15 is 0 Å². The van der Waals surface area contributed by atoms with Gasteiger partial charge in [0, 0.05) is 12.2 Å². The summed E-state index contributed by atoms with van der Waals surface area (Å²) in [5, 5.41) is 5.22. The van der Waals surface area contributed by atoms with Crippen molar-refractivity contribution in [1.82, 2.24) is 5.32 Å². The van der Waals surface area contributed by atoms with Gasteiger partial charge in [0.1, 0.15) is 24.8 Å². The first kappa shape index (κ1) is 18.4. The van der Waals surface area contributed by atoms with Gasteiger partial charge in [-0.25, -0.2) is 4.39 Å². The number of methoxy groups -OCH3 is 1. The fourth-order valence-electron chi connectivity index (χ4n) is 2.00. The van der Waals surface area contributed by atoms with E-state index in [0.717, 1.165) is 5.56 Å². The number of ether oxygens (including phenoxy) is 2. The van der Waals surface area contributed by atoms with Gasteiger partial charge >= 0.3 is 0 Å². The Morgan fingerprint density at radius 1 is 1.04 bits per heavy atom. The van der Waals surface area contributed by atoms with Crippen molar-refractivity contribution in [3.8, 4) is 5.75 Å². The van der Waals surface area contributed by atoms with Gasteiger partial charge in [0.05, 0.1) is 7.11 Å². The Balaban J connectivity index is 1.66. The summed E-state index contributed by atoms with van der Waals surface area (Å²) in [6.45, 7) is -0.175. The van der Waals surface area contributed by atoms with Gasteiger partial charge < -0.3 is 20.1 Å². The molecule has 0 atom stereocenters. The molecular weight excluding hydrogens is 327 g/mol. The summed E-state index contributed by atoms with van der Waals surface area (Å²) < 4.78 is 22.9. The summed E-state index contributed by atoms with van der Waals surface area (Å²) in [4.78, 5) is 23.4. The van der Waals surface area contributed by atoms with Gasteiger partial charge in [-0.05, 0) is 42.0 Å². The Hall–Kier alpha value is -2.93. The average molecular weight is 346 g/mol. The molecular formula is C18H19FN2O4. The SMILES string of the molecule is COc1cccc(CNC(=O)COCC(=O)Nc2ccc(F)cc2)c1. The van der Waals surface area contributed by atoms with E-state index in [1.807, 2.05) is 24.3 Å². The molecule has 2 aromatic rings. The van der Waals surface area contributed by atoms with Gasteiger partial charge in [-0.2, -0.15) is 0 Å². The molecule has 2 rings (SSSR count). The number of carbonyl (C=O) groups excluding carboxylic acids is 2. The Kier molecular flexibility index (Phi) is 6.91. The minimum atomic E-state index is -0.424. The van der Waals surface area contributed by atoms with Crippen LogP contribution in [-0.2, 0) is 20.9 Å². The predicted molar refractivity (Wildman–Crippen MR) is 90.7 cm³/mol. The van der Waals surface area contributed by atoms with Crippen LogP contribution in [-0.4, -0.2) is 32.1 Å². The Bertz CT molecular complexity index is 719. The van der Waals surface area contributed by atoms with E-state index in [0.29, 0.717) is 18.0 Å². The molecule has 0 unspecified atom stereocenters. The van der Waals surface area contributed by atoms with Crippen LogP contribution in [0, 0.1) is 5.82 Å². The zero-order valence-corrected chi connectivity index (χ0v) is 13.8. The van der Waals surface area contributed by atoms with E-state index in [-0.39, 0.29) is 24.9 Å². The monoisotopic (exact) mass is 346 g/mol. The summed E-state index contributed by atoms with van der Waals surface area (Å²) in [5.74, 6) is -0.438. The summed E-state index contributed by atoms with van der Waals surface area (Å²) in [6.07, 6.45) is 0. The first-order chi connectivity index (χ1) is 12.1. The molecule has 0 aliphatic heterocycles. The van der Waals surface area contributed by atoms with Crippen molar-refractivity contribution in [2.45, 2.75) is 6.54 Å². The number of nitrogens with one attached hydrogen (secondary N) is 2. The van der Waals surface area contributed by atoms with Crippen LogP contribution in [0.15, 0.2) is 48.5 Å². The minimum absolute atomic E-state index is 0.235. The lowest BCUT2D eigenvalue weighted by Crippen LogP contribution is -2.29. The molecule has 6 nitrogen and oxygen atoms in total. The molecule has 2 N–H and O–H groups in total. The van der Waals surface area contributed by atoms with Crippen LogP contribution in [0.25, 0.3) is 0 Å². The van der Waals surface area contributed by atoms with E-state index in [9.17, 15) is 14.0 Å². The molecule has 0 spiro atoms. The lowest BCUT2D eigenvalue weighted by Gasteiger charge is -2.08. The number of hydrogen-bond acceptors (Lipinski definition) is 4. The number of anilines is 1. The molecule has 0 fully saturated rings. The Labute approximate surface area is 144 Å².